The van der Waals surface area contributed by atoms with Crippen molar-refractivity contribution in [1.82, 2.24) is 0 Å². The first kappa shape index (κ1) is 25.6. The van der Waals surface area contributed by atoms with Gasteiger partial charge in [0.25, 0.3) is 0 Å². The van der Waals surface area contributed by atoms with E-state index in [-0.39, 0.29) is 115 Å². The number of hydrogen-bond acceptors (Lipinski definition) is 0. The summed E-state index contributed by atoms with van der Waals surface area (Å²) < 4.78 is 0. The van der Waals surface area contributed by atoms with Crippen molar-refractivity contribution in [2.45, 2.75) is 0 Å². The fourth-order valence-electron chi connectivity index (χ4n) is 0. The Morgan fingerprint density at radius 1 is 0.750 bits per heavy atom. The Morgan fingerprint density at radius 3 is 0.750 bits per heavy atom. The zero-order valence-electron chi connectivity index (χ0n) is 2.00. The summed E-state index contributed by atoms with van der Waals surface area (Å²) in [7, 11) is 0. The number of hydrogen-bond donors (Lipinski definition) is 0. The van der Waals surface area contributed by atoms with Gasteiger partial charge in [-0.3, -0.25) is 0 Å². The second kappa shape index (κ2) is 16.0. The summed E-state index contributed by atoms with van der Waals surface area (Å²) >= 11 is 0. The van der Waals surface area contributed by atoms with Crippen LogP contribution in [0.1, 0.15) is 0 Å². The van der Waals surface area contributed by atoms with Gasteiger partial charge in [-0.05, 0) is 0 Å². The molecule has 0 amide bonds. The van der Waals surface area contributed by atoms with Gasteiger partial charge in [0.15, 0.2) is 0 Å². The second-order valence-electron chi connectivity index (χ2n) is 0. The Morgan fingerprint density at radius 2 is 0.750 bits per heavy atom. The minimum atomic E-state index is 0. The molecule has 0 saturated heterocycles. The van der Waals surface area contributed by atoms with Crippen LogP contribution in [0.3, 0.4) is 0 Å². The van der Waals surface area contributed by atoms with Crippen molar-refractivity contribution in [2.75, 3.05) is 0 Å². The zero-order valence-corrected chi connectivity index (χ0v) is 10.7. The van der Waals surface area contributed by atoms with Gasteiger partial charge in [-0.2, -0.15) is 0 Å². The molecule has 0 bridgehead atoms. The average molecular weight is 389 g/mol. The summed E-state index contributed by atoms with van der Waals surface area (Å²) in [6.45, 7) is 0. The van der Waals surface area contributed by atoms with E-state index in [1.54, 1.807) is 0 Å². The first-order valence-corrected chi connectivity index (χ1v) is 0. The topological polar surface area (TPSA) is 31.5 Å². The van der Waals surface area contributed by atoms with Crippen LogP contribution in [0.4, 0.5) is 0 Å². The van der Waals surface area contributed by atoms with Crippen molar-refractivity contribution in [2.24, 2.45) is 0 Å². The van der Waals surface area contributed by atoms with Crippen molar-refractivity contribution in [3.8, 4) is 0 Å². The largest absolute Gasteiger partial charge is 0.412 e. The van der Waals surface area contributed by atoms with Gasteiger partial charge in [-0.1, -0.05) is 0 Å². The first-order valence-electron chi connectivity index (χ1n) is 0. The fourth-order valence-corrected chi connectivity index (χ4v) is 0. The fraction of sp³-hybridized carbons (Fsp3) is 0. The molecule has 0 aliphatic rings. The molecule has 0 rings (SSSR count). The molecule has 0 aromatic rings. The van der Waals surface area contributed by atoms with Crippen LogP contribution in [0.15, 0.2) is 0 Å². The molecule has 0 aromatic heterocycles. The molecule has 4 heavy (non-hydrogen) atoms. The molecule has 0 unspecified atom stereocenters. The molecule has 1 nitrogen and oxygen atoms in total. The zero-order chi connectivity index (χ0) is 0. The Balaban J connectivity index is 0. The SMILES string of the molecule is O.[Ce].[Ce].[Zr]. The molecular formula is H2Ce2OZr. The van der Waals surface area contributed by atoms with Crippen LogP contribution in [0.2, 0.25) is 0 Å². The van der Waals surface area contributed by atoms with Crippen LogP contribution < -0.4 is 0 Å². The third-order valence-corrected chi connectivity index (χ3v) is 0. The van der Waals surface area contributed by atoms with Crippen LogP contribution in [-0.2, 0) is 26.2 Å². The molecule has 0 aliphatic carbocycles. The maximum absolute atomic E-state index is 0. The van der Waals surface area contributed by atoms with E-state index in [4.69, 9.17) is 0 Å². The molecule has 0 atom stereocenters. The molecule has 0 aromatic carbocycles. The van der Waals surface area contributed by atoms with Crippen LogP contribution in [0, 0.1) is 83.5 Å². The summed E-state index contributed by atoms with van der Waals surface area (Å²) in [4.78, 5) is 0. The third kappa shape index (κ3) is 9.14. The first-order chi connectivity index (χ1) is 0. The van der Waals surface area contributed by atoms with Gasteiger partial charge < -0.3 is 5.48 Å². The van der Waals surface area contributed by atoms with Gasteiger partial charge in [0.05, 0.1) is 0 Å². The molecule has 0 aliphatic heterocycles. The molecule has 0 spiro atoms. The van der Waals surface area contributed by atoms with E-state index >= 15 is 0 Å². The smallest absolute Gasteiger partial charge is 0 e. The van der Waals surface area contributed by atoms with Gasteiger partial charge >= 0.3 is 0 Å². The maximum Gasteiger partial charge on any atom is 0 e. The Bertz CT molecular complexity index is 6.00. The Kier molecular flexibility index (Phi) is 102. The predicted molar refractivity (Wildman–Crippen MR) is 3.61 cm³/mol. The van der Waals surface area contributed by atoms with Crippen LogP contribution in [-0.4, -0.2) is 5.48 Å². The van der Waals surface area contributed by atoms with Crippen LogP contribution in [0.25, 0.3) is 0 Å². The third-order valence-electron chi connectivity index (χ3n) is 0. The van der Waals surface area contributed by atoms with E-state index in [1.165, 1.54) is 0 Å². The molecule has 20 valence electrons. The van der Waals surface area contributed by atoms with Crippen molar-refractivity contribution >= 4 is 0 Å². The van der Waals surface area contributed by atoms with Crippen LogP contribution in [0.5, 0.6) is 0 Å². The molecule has 0 radical (unpaired) electrons. The second-order valence-corrected chi connectivity index (χ2v) is 0. The summed E-state index contributed by atoms with van der Waals surface area (Å²) in [6.07, 6.45) is 0. The van der Waals surface area contributed by atoms with Gasteiger partial charge in [0, 0.05) is 110 Å². The Hall–Kier alpha value is 3.60. The minimum absolute atomic E-state index is 0. The summed E-state index contributed by atoms with van der Waals surface area (Å²) in [5.74, 6) is 0. The molecular weight excluding hydrogens is 387 g/mol. The van der Waals surface area contributed by atoms with Gasteiger partial charge in [-0.15, -0.1) is 0 Å². The normalized spacial score (nSPS) is 0. The summed E-state index contributed by atoms with van der Waals surface area (Å²) in [6, 6.07) is 0. The van der Waals surface area contributed by atoms with E-state index in [0.29, 0.717) is 0 Å². The minimum Gasteiger partial charge on any atom is -0.412 e. The van der Waals surface area contributed by atoms with E-state index in [0.717, 1.165) is 0 Å². The predicted octanol–water partition coefficient (Wildman–Crippen LogP) is -0.827. The quantitative estimate of drug-likeness (QED) is 0.518. The molecule has 0 heterocycles. The summed E-state index contributed by atoms with van der Waals surface area (Å²) in [5.41, 5.74) is 0. The molecule has 0 fully saturated rings. The monoisotopic (exact) mass is 388 g/mol. The van der Waals surface area contributed by atoms with E-state index < -0.39 is 0 Å². The van der Waals surface area contributed by atoms with Crippen molar-refractivity contribution in [3.05, 3.63) is 0 Å². The maximum atomic E-state index is 0. The molecule has 0 saturated carbocycles. The van der Waals surface area contributed by atoms with Crippen LogP contribution >= 0.6 is 0 Å². The molecule has 2 N–H and O–H groups in total. The van der Waals surface area contributed by atoms with Crippen molar-refractivity contribution in [3.63, 3.8) is 0 Å². The average Bonchev–Trinajstić information content (AvgIpc) is 0. The van der Waals surface area contributed by atoms with Gasteiger partial charge in [-0.25, -0.2) is 0 Å². The van der Waals surface area contributed by atoms with Gasteiger partial charge in [0.1, 0.15) is 0 Å². The van der Waals surface area contributed by atoms with E-state index in [2.05, 4.69) is 0 Å². The van der Waals surface area contributed by atoms with Crippen molar-refractivity contribution in [1.29, 1.82) is 0 Å². The standard InChI is InChI=1S/2Ce.H2O.Zr/h;;1H2;. The molecule has 4 heteroatoms. The van der Waals surface area contributed by atoms with Crippen molar-refractivity contribution < 1.29 is 115 Å². The number of rotatable bonds is 0. The Labute approximate surface area is 112 Å². The van der Waals surface area contributed by atoms with E-state index in [1.807, 2.05) is 0 Å². The van der Waals surface area contributed by atoms with Gasteiger partial charge in [0.2, 0.25) is 0 Å². The summed E-state index contributed by atoms with van der Waals surface area (Å²) in [5, 5.41) is 0. The van der Waals surface area contributed by atoms with E-state index in [9.17, 15) is 0 Å².